The summed E-state index contributed by atoms with van der Waals surface area (Å²) < 4.78 is 0. The Hall–Kier alpha value is 0.733. The molecule has 0 aromatic carbocycles. The molecule has 4 heteroatoms. The van der Waals surface area contributed by atoms with Crippen LogP contribution in [0.3, 0.4) is 0 Å². The number of halogens is 1. The molecule has 1 heterocycles. The van der Waals surface area contributed by atoms with Gasteiger partial charge in [0.15, 0.2) is 0 Å². The summed E-state index contributed by atoms with van der Waals surface area (Å²) in [6.07, 6.45) is 1.77. The monoisotopic (exact) mass is 228 g/mol. The van der Waals surface area contributed by atoms with Gasteiger partial charge >= 0.3 is 19.5 Å². The Kier molecular flexibility index (Phi) is 10.3. The molecule has 0 N–H and O–H groups in total. The first-order valence-electron chi connectivity index (χ1n) is 1.32. The summed E-state index contributed by atoms with van der Waals surface area (Å²) >= 11 is 1.60. The van der Waals surface area contributed by atoms with Gasteiger partial charge < -0.3 is 17.0 Å². The Balaban J connectivity index is 0. The van der Waals surface area contributed by atoms with Crippen molar-refractivity contribution in [2.45, 2.75) is 0 Å². The van der Waals surface area contributed by atoms with Crippen molar-refractivity contribution in [3.63, 3.8) is 0 Å². The van der Waals surface area contributed by atoms with Crippen molar-refractivity contribution >= 4 is 11.3 Å². The molecule has 34 valence electrons. The van der Waals surface area contributed by atoms with E-state index < -0.39 is 0 Å². The molecule has 1 rings (SSSR count). The summed E-state index contributed by atoms with van der Waals surface area (Å²) in [4.78, 5) is 3.74. The molecule has 0 unspecified atom stereocenters. The number of aromatic nitrogens is 1. The predicted molar refractivity (Wildman–Crippen MR) is 22.1 cm³/mol. The van der Waals surface area contributed by atoms with Gasteiger partial charge in [-0.1, -0.05) is 0 Å². The van der Waals surface area contributed by atoms with E-state index in [1.807, 2.05) is 5.38 Å². The standard InChI is InChI=1S/C3H3NS.BrH.Zn/c1-2-5-3-4-1;;/h1-3H;1H;/q;;+2/p-1. The largest absolute Gasteiger partial charge is 2.00 e. The first-order valence-corrected chi connectivity index (χ1v) is 2.26. The number of nitrogens with zero attached hydrogens (tertiary/aromatic N) is 1. The van der Waals surface area contributed by atoms with Crippen molar-refractivity contribution in [3.8, 4) is 0 Å². The quantitative estimate of drug-likeness (QED) is 0.477. The van der Waals surface area contributed by atoms with E-state index in [2.05, 4.69) is 4.98 Å². The van der Waals surface area contributed by atoms with Crippen molar-refractivity contribution in [1.29, 1.82) is 0 Å². The second-order valence-corrected chi connectivity index (χ2v) is 1.43. The maximum Gasteiger partial charge on any atom is 2.00 e. The second-order valence-electron chi connectivity index (χ2n) is 0.676. The van der Waals surface area contributed by atoms with Crippen LogP contribution in [0.25, 0.3) is 0 Å². The molecule has 0 radical (unpaired) electrons. The van der Waals surface area contributed by atoms with E-state index in [1.54, 1.807) is 23.0 Å². The van der Waals surface area contributed by atoms with Gasteiger partial charge in [0.25, 0.3) is 0 Å². The summed E-state index contributed by atoms with van der Waals surface area (Å²) in [6.45, 7) is 0. The fourth-order valence-electron chi connectivity index (χ4n) is 0.176. The van der Waals surface area contributed by atoms with Crippen LogP contribution in [0.4, 0.5) is 0 Å². The number of thiazole rings is 1. The van der Waals surface area contributed by atoms with Crippen LogP contribution in [0.2, 0.25) is 0 Å². The van der Waals surface area contributed by atoms with Crippen molar-refractivity contribution in [3.05, 3.63) is 17.1 Å². The van der Waals surface area contributed by atoms with Crippen molar-refractivity contribution in [2.24, 2.45) is 0 Å². The molecule has 1 aromatic heterocycles. The van der Waals surface area contributed by atoms with E-state index in [0.717, 1.165) is 0 Å². The van der Waals surface area contributed by atoms with E-state index in [4.69, 9.17) is 0 Å². The summed E-state index contributed by atoms with van der Waals surface area (Å²) in [5.74, 6) is 0. The molecule has 0 spiro atoms. The third-order valence-corrected chi connectivity index (χ3v) is 0.869. The molecule has 1 aromatic rings. The molecule has 0 fully saturated rings. The average molecular weight is 230 g/mol. The topological polar surface area (TPSA) is 12.9 Å². The van der Waals surface area contributed by atoms with E-state index in [9.17, 15) is 0 Å². The number of hydrogen-bond acceptors (Lipinski definition) is 2. The Morgan fingerprint density at radius 2 is 2.14 bits per heavy atom. The first-order chi connectivity index (χ1) is 2.50. The van der Waals surface area contributed by atoms with E-state index in [-0.39, 0.29) is 36.5 Å². The van der Waals surface area contributed by atoms with Gasteiger partial charge in [0.1, 0.15) is 0 Å². The van der Waals surface area contributed by atoms with Crippen LogP contribution in [0.15, 0.2) is 17.1 Å². The van der Waals surface area contributed by atoms with Gasteiger partial charge in [-0.15, -0.1) is 11.3 Å². The van der Waals surface area contributed by atoms with Gasteiger partial charge in [-0.3, -0.25) is 4.98 Å². The maximum absolute atomic E-state index is 3.74. The van der Waals surface area contributed by atoms with Gasteiger partial charge in [0.2, 0.25) is 0 Å². The average Bonchev–Trinajstić information content (AvgIpc) is 1.76. The molecule has 0 saturated heterocycles. The summed E-state index contributed by atoms with van der Waals surface area (Å²) in [7, 11) is 0. The predicted octanol–water partition coefficient (Wildman–Crippen LogP) is -1.86. The smallest absolute Gasteiger partial charge is 1.00 e. The van der Waals surface area contributed by atoms with Gasteiger partial charge in [-0.05, 0) is 0 Å². The van der Waals surface area contributed by atoms with E-state index in [0.29, 0.717) is 0 Å². The molecule has 0 amide bonds. The minimum Gasteiger partial charge on any atom is -1.00 e. The van der Waals surface area contributed by atoms with Crippen LogP contribution in [0, 0.1) is 0 Å². The second kappa shape index (κ2) is 6.73. The van der Waals surface area contributed by atoms with Crippen LogP contribution in [0.1, 0.15) is 0 Å². The van der Waals surface area contributed by atoms with E-state index >= 15 is 0 Å². The molecule has 0 bridgehead atoms. The number of rotatable bonds is 0. The van der Waals surface area contributed by atoms with Crippen LogP contribution >= 0.6 is 11.3 Å². The molecule has 0 aliphatic rings. The maximum atomic E-state index is 3.74. The molecule has 7 heavy (non-hydrogen) atoms. The Labute approximate surface area is 69.7 Å². The summed E-state index contributed by atoms with van der Waals surface area (Å²) in [6, 6.07) is 0. The van der Waals surface area contributed by atoms with Crippen molar-refractivity contribution < 1.29 is 36.5 Å². The Morgan fingerprint density at radius 3 is 2.29 bits per heavy atom. The van der Waals surface area contributed by atoms with Gasteiger partial charge in [0.05, 0.1) is 5.51 Å². The molecular weight excluding hydrogens is 227 g/mol. The SMILES string of the molecule is [Br-].[Zn+2].c1cscn1. The summed E-state index contributed by atoms with van der Waals surface area (Å²) in [5.41, 5.74) is 1.79. The molecule has 0 aliphatic heterocycles. The van der Waals surface area contributed by atoms with Crippen LogP contribution in [-0.4, -0.2) is 4.98 Å². The summed E-state index contributed by atoms with van der Waals surface area (Å²) in [5, 5.41) is 1.93. The minimum absolute atomic E-state index is 0. The van der Waals surface area contributed by atoms with E-state index in [1.165, 1.54) is 0 Å². The fourth-order valence-corrected chi connectivity index (χ4v) is 0.527. The Morgan fingerprint density at radius 1 is 1.43 bits per heavy atom. The van der Waals surface area contributed by atoms with Gasteiger partial charge in [-0.25, -0.2) is 0 Å². The fraction of sp³-hybridized carbons (Fsp3) is 0. The molecular formula is C3H3BrNSZn+. The number of hydrogen-bond donors (Lipinski definition) is 0. The zero-order valence-electron chi connectivity index (χ0n) is 3.67. The third kappa shape index (κ3) is 4.59. The normalized spacial score (nSPS) is 5.71. The van der Waals surface area contributed by atoms with Crippen LogP contribution < -0.4 is 17.0 Å². The first kappa shape index (κ1) is 10.7. The zero-order valence-corrected chi connectivity index (χ0v) is 9.04. The molecule has 1 nitrogen and oxygen atoms in total. The minimum atomic E-state index is 0. The van der Waals surface area contributed by atoms with Crippen LogP contribution in [-0.2, 0) is 19.5 Å². The molecule has 0 aliphatic carbocycles. The molecule has 0 saturated carbocycles. The van der Waals surface area contributed by atoms with Gasteiger partial charge in [-0.2, -0.15) is 0 Å². The van der Waals surface area contributed by atoms with Crippen LogP contribution in [0.5, 0.6) is 0 Å². The Bertz CT molecular complexity index is 71.4. The zero-order chi connectivity index (χ0) is 3.54. The van der Waals surface area contributed by atoms with Crippen molar-refractivity contribution in [1.82, 2.24) is 4.98 Å². The third-order valence-electron chi connectivity index (χ3n) is 0.347. The van der Waals surface area contributed by atoms with Gasteiger partial charge in [0, 0.05) is 11.6 Å². The van der Waals surface area contributed by atoms with Crippen molar-refractivity contribution in [2.75, 3.05) is 0 Å². The molecule has 0 atom stereocenters.